The van der Waals surface area contributed by atoms with Crippen LogP contribution in [0.15, 0.2) is 12.3 Å². The fraction of sp³-hybridized carbons (Fsp3) is 0.643. The first-order valence-electron chi connectivity index (χ1n) is 6.95. The number of carboxylic acids is 1. The van der Waals surface area contributed by atoms with Gasteiger partial charge in [0.25, 0.3) is 0 Å². The molecule has 1 N–H and O–H groups in total. The van der Waals surface area contributed by atoms with Gasteiger partial charge >= 0.3 is 5.97 Å². The predicted molar refractivity (Wildman–Crippen MR) is 72.8 cm³/mol. The van der Waals surface area contributed by atoms with E-state index in [1.54, 1.807) is 22.8 Å². The second kappa shape index (κ2) is 6.07. The molecule has 6 nitrogen and oxygen atoms in total. The van der Waals surface area contributed by atoms with Gasteiger partial charge in [-0.3, -0.25) is 14.3 Å². The van der Waals surface area contributed by atoms with Crippen LogP contribution in [0.2, 0.25) is 0 Å². The molecule has 1 heterocycles. The number of aliphatic carboxylic acids is 1. The molecule has 0 bridgehead atoms. The summed E-state index contributed by atoms with van der Waals surface area (Å²) < 4.78 is 1.72. The lowest BCUT2D eigenvalue weighted by Crippen LogP contribution is -2.40. The first kappa shape index (κ1) is 14.6. The quantitative estimate of drug-likeness (QED) is 0.900. The van der Waals surface area contributed by atoms with Gasteiger partial charge in [0.2, 0.25) is 5.91 Å². The molecule has 0 radical (unpaired) electrons. The maximum Gasteiger partial charge on any atom is 0.307 e. The Morgan fingerprint density at radius 1 is 1.40 bits per heavy atom. The summed E-state index contributed by atoms with van der Waals surface area (Å²) in [6.07, 6.45) is 4.79. The molecular weight excluding hydrogens is 258 g/mol. The van der Waals surface area contributed by atoms with Crippen LogP contribution in [0.25, 0.3) is 0 Å². The van der Waals surface area contributed by atoms with Gasteiger partial charge in [0.1, 0.15) is 0 Å². The van der Waals surface area contributed by atoms with Gasteiger partial charge in [0.05, 0.1) is 24.1 Å². The van der Waals surface area contributed by atoms with Crippen LogP contribution < -0.4 is 0 Å². The Kier molecular flexibility index (Phi) is 4.42. The normalized spacial score (nSPS) is 22.5. The molecule has 1 amide bonds. The van der Waals surface area contributed by atoms with Crippen LogP contribution in [-0.4, -0.2) is 38.7 Å². The summed E-state index contributed by atoms with van der Waals surface area (Å²) in [6.45, 7) is 0.457. The maximum atomic E-state index is 12.5. The van der Waals surface area contributed by atoms with E-state index in [1.807, 2.05) is 13.1 Å². The molecule has 0 saturated heterocycles. The second-order valence-electron chi connectivity index (χ2n) is 5.48. The Balaban J connectivity index is 2.05. The van der Waals surface area contributed by atoms with E-state index in [0.29, 0.717) is 19.4 Å². The summed E-state index contributed by atoms with van der Waals surface area (Å²) in [7, 11) is 3.55. The standard InChI is InChI=1S/C14H21N3O3/c1-16(9-10-7-8-15-17(10)2)13(18)11-5-3-4-6-12(11)14(19)20/h7-8,11-12H,3-6,9H2,1-2H3,(H,19,20)/t11-,12-/m0/s1. The highest BCUT2D eigenvalue weighted by Gasteiger charge is 2.37. The largest absolute Gasteiger partial charge is 0.481 e. The molecule has 1 aromatic heterocycles. The zero-order chi connectivity index (χ0) is 14.7. The third-order valence-electron chi connectivity index (χ3n) is 4.10. The molecule has 1 fully saturated rings. The molecule has 2 rings (SSSR count). The van der Waals surface area contributed by atoms with Gasteiger partial charge in [-0.05, 0) is 18.9 Å². The lowest BCUT2D eigenvalue weighted by atomic mass is 9.78. The van der Waals surface area contributed by atoms with Crippen LogP contribution in [0.4, 0.5) is 0 Å². The van der Waals surface area contributed by atoms with Crippen molar-refractivity contribution in [3.63, 3.8) is 0 Å². The van der Waals surface area contributed by atoms with Gasteiger partial charge in [0, 0.05) is 20.3 Å². The fourth-order valence-corrected chi connectivity index (χ4v) is 2.88. The zero-order valence-electron chi connectivity index (χ0n) is 12.0. The first-order chi connectivity index (χ1) is 9.50. The summed E-state index contributed by atoms with van der Waals surface area (Å²) in [5.41, 5.74) is 0.934. The molecule has 0 unspecified atom stereocenters. The van der Waals surface area contributed by atoms with Crippen molar-refractivity contribution in [2.24, 2.45) is 18.9 Å². The van der Waals surface area contributed by atoms with Crippen molar-refractivity contribution in [2.75, 3.05) is 7.05 Å². The lowest BCUT2D eigenvalue weighted by Gasteiger charge is -2.31. The first-order valence-corrected chi connectivity index (χ1v) is 6.95. The van der Waals surface area contributed by atoms with Crippen molar-refractivity contribution in [1.82, 2.24) is 14.7 Å². The van der Waals surface area contributed by atoms with Crippen LogP contribution in [0.3, 0.4) is 0 Å². The van der Waals surface area contributed by atoms with Crippen LogP contribution in [0.5, 0.6) is 0 Å². The topological polar surface area (TPSA) is 75.4 Å². The fourth-order valence-electron chi connectivity index (χ4n) is 2.88. The minimum absolute atomic E-state index is 0.0710. The van der Waals surface area contributed by atoms with Crippen LogP contribution in [-0.2, 0) is 23.2 Å². The van der Waals surface area contributed by atoms with E-state index in [2.05, 4.69) is 5.10 Å². The number of hydrogen-bond donors (Lipinski definition) is 1. The molecule has 110 valence electrons. The average Bonchev–Trinajstić information content (AvgIpc) is 2.83. The maximum absolute atomic E-state index is 12.5. The molecule has 1 aliphatic carbocycles. The van der Waals surface area contributed by atoms with Gasteiger partial charge in [-0.25, -0.2) is 0 Å². The van der Waals surface area contributed by atoms with Crippen molar-refractivity contribution in [2.45, 2.75) is 32.2 Å². The average molecular weight is 279 g/mol. The van der Waals surface area contributed by atoms with Crippen molar-refractivity contribution in [3.8, 4) is 0 Å². The molecule has 6 heteroatoms. The molecule has 2 atom stereocenters. The molecular formula is C14H21N3O3. The third kappa shape index (κ3) is 3.00. The van der Waals surface area contributed by atoms with Gasteiger partial charge < -0.3 is 10.0 Å². The molecule has 0 spiro atoms. The minimum Gasteiger partial charge on any atom is -0.481 e. The predicted octanol–water partition coefficient (Wildman–Crippen LogP) is 1.27. The third-order valence-corrected chi connectivity index (χ3v) is 4.10. The number of carbonyl (C=O) groups is 2. The Hall–Kier alpha value is -1.85. The number of carbonyl (C=O) groups excluding carboxylic acids is 1. The van der Waals surface area contributed by atoms with Gasteiger partial charge in [-0.15, -0.1) is 0 Å². The van der Waals surface area contributed by atoms with Crippen LogP contribution in [0.1, 0.15) is 31.4 Å². The van der Waals surface area contributed by atoms with Gasteiger partial charge in [0.15, 0.2) is 0 Å². The highest BCUT2D eigenvalue weighted by atomic mass is 16.4. The highest BCUT2D eigenvalue weighted by molar-refractivity contribution is 5.84. The number of rotatable bonds is 4. The Labute approximate surface area is 118 Å². The lowest BCUT2D eigenvalue weighted by molar-refractivity contribution is -0.152. The summed E-state index contributed by atoms with van der Waals surface area (Å²) in [4.78, 5) is 25.4. The molecule has 0 aliphatic heterocycles. The van der Waals surface area contributed by atoms with E-state index in [4.69, 9.17) is 0 Å². The van der Waals surface area contributed by atoms with Crippen LogP contribution >= 0.6 is 0 Å². The van der Waals surface area contributed by atoms with Crippen molar-refractivity contribution in [1.29, 1.82) is 0 Å². The zero-order valence-corrected chi connectivity index (χ0v) is 12.0. The highest BCUT2D eigenvalue weighted by Crippen LogP contribution is 2.31. The van der Waals surface area contributed by atoms with E-state index < -0.39 is 11.9 Å². The van der Waals surface area contributed by atoms with E-state index in [1.165, 1.54) is 0 Å². The Bertz CT molecular complexity index is 498. The van der Waals surface area contributed by atoms with Crippen LogP contribution in [0, 0.1) is 11.8 Å². The monoisotopic (exact) mass is 279 g/mol. The number of hydrogen-bond acceptors (Lipinski definition) is 3. The molecule has 20 heavy (non-hydrogen) atoms. The van der Waals surface area contributed by atoms with E-state index >= 15 is 0 Å². The van der Waals surface area contributed by atoms with E-state index in [9.17, 15) is 14.7 Å². The smallest absolute Gasteiger partial charge is 0.307 e. The summed E-state index contributed by atoms with van der Waals surface area (Å²) in [5.74, 6) is -1.85. The Morgan fingerprint density at radius 2 is 2.05 bits per heavy atom. The summed E-state index contributed by atoms with van der Waals surface area (Å²) >= 11 is 0. The number of aryl methyl sites for hydroxylation is 1. The number of nitrogens with zero attached hydrogens (tertiary/aromatic N) is 3. The van der Waals surface area contributed by atoms with Crippen molar-refractivity contribution >= 4 is 11.9 Å². The Morgan fingerprint density at radius 3 is 2.60 bits per heavy atom. The molecule has 1 aliphatic rings. The number of aromatic nitrogens is 2. The second-order valence-corrected chi connectivity index (χ2v) is 5.48. The van der Waals surface area contributed by atoms with Gasteiger partial charge in [-0.1, -0.05) is 12.8 Å². The number of amides is 1. The molecule has 1 saturated carbocycles. The molecule has 1 aromatic rings. The van der Waals surface area contributed by atoms with Crippen molar-refractivity contribution in [3.05, 3.63) is 18.0 Å². The van der Waals surface area contributed by atoms with Crippen molar-refractivity contribution < 1.29 is 14.7 Å². The van der Waals surface area contributed by atoms with E-state index in [0.717, 1.165) is 18.5 Å². The summed E-state index contributed by atoms with van der Waals surface area (Å²) in [6, 6.07) is 1.86. The van der Waals surface area contributed by atoms with E-state index in [-0.39, 0.29) is 11.8 Å². The minimum atomic E-state index is -0.850. The molecule has 0 aromatic carbocycles. The SMILES string of the molecule is CN(Cc1ccnn1C)C(=O)[C@H]1CCCC[C@@H]1C(=O)O. The van der Waals surface area contributed by atoms with Gasteiger partial charge in [-0.2, -0.15) is 5.10 Å². The summed E-state index contributed by atoms with van der Waals surface area (Å²) in [5, 5.41) is 13.3. The number of carboxylic acid groups (broad SMARTS) is 1.